The molecule has 2 rings (SSSR count). The molecular weight excluding hydrogens is 275 g/mol. The predicted molar refractivity (Wildman–Crippen MR) is 78.1 cm³/mol. The van der Waals surface area contributed by atoms with Crippen LogP contribution >= 0.6 is 12.0 Å². The summed E-state index contributed by atoms with van der Waals surface area (Å²) in [6.45, 7) is 2.10. The van der Waals surface area contributed by atoms with Gasteiger partial charge in [-0.25, -0.2) is 9.18 Å². The maximum absolute atomic E-state index is 13.4. The van der Waals surface area contributed by atoms with Crippen molar-refractivity contribution < 1.29 is 13.4 Å². The second-order valence-corrected chi connectivity index (χ2v) is 5.10. The molecule has 2 aromatic rings. The van der Waals surface area contributed by atoms with Gasteiger partial charge in [-0.05, 0) is 36.2 Å². The minimum atomic E-state index is -0.471. The molecule has 0 aliphatic carbocycles. The molecular formula is C16H15FO2S. The van der Waals surface area contributed by atoms with Crippen LogP contribution in [0.5, 0.6) is 0 Å². The molecule has 20 heavy (non-hydrogen) atoms. The van der Waals surface area contributed by atoms with Crippen molar-refractivity contribution >= 4 is 18.0 Å². The minimum Gasteiger partial charge on any atom is -0.382 e. The van der Waals surface area contributed by atoms with Gasteiger partial charge in [0.05, 0.1) is 22.5 Å². The molecule has 0 saturated carbocycles. The van der Waals surface area contributed by atoms with Crippen molar-refractivity contribution in [2.45, 2.75) is 24.7 Å². The van der Waals surface area contributed by atoms with Gasteiger partial charge in [-0.15, -0.1) is 0 Å². The summed E-state index contributed by atoms with van der Waals surface area (Å²) >= 11 is 0.740. The molecule has 0 heterocycles. The Kier molecular flexibility index (Phi) is 5.18. The highest BCUT2D eigenvalue weighted by Crippen LogP contribution is 2.23. The maximum Gasteiger partial charge on any atom is 0.350 e. The van der Waals surface area contributed by atoms with Crippen molar-refractivity contribution in [1.29, 1.82) is 0 Å². The van der Waals surface area contributed by atoms with E-state index in [-0.39, 0.29) is 0 Å². The SMILES string of the molecule is CCCc1ccc(C(=O)OSc2ccccc2F)cc1. The third-order valence-corrected chi connectivity index (χ3v) is 3.52. The number of benzene rings is 2. The third kappa shape index (κ3) is 3.84. The van der Waals surface area contributed by atoms with Gasteiger partial charge < -0.3 is 4.18 Å². The van der Waals surface area contributed by atoms with Gasteiger partial charge in [-0.1, -0.05) is 37.6 Å². The van der Waals surface area contributed by atoms with Crippen LogP contribution in [0.25, 0.3) is 0 Å². The maximum atomic E-state index is 13.4. The standard InChI is InChI=1S/C16H15FO2S/c1-2-5-12-8-10-13(11-9-12)16(18)19-20-15-7-4-3-6-14(15)17/h3-4,6-11H,2,5H2,1H3. The van der Waals surface area contributed by atoms with Gasteiger partial charge in [-0.3, -0.25) is 0 Å². The Balaban J connectivity index is 1.96. The molecule has 0 N–H and O–H groups in total. The van der Waals surface area contributed by atoms with Crippen molar-refractivity contribution in [3.8, 4) is 0 Å². The van der Waals surface area contributed by atoms with Crippen molar-refractivity contribution in [2.24, 2.45) is 0 Å². The van der Waals surface area contributed by atoms with Crippen LogP contribution in [-0.2, 0) is 10.6 Å². The van der Waals surface area contributed by atoms with Gasteiger partial charge in [0.1, 0.15) is 5.82 Å². The van der Waals surface area contributed by atoms with E-state index in [0.29, 0.717) is 10.5 Å². The fourth-order valence-corrected chi connectivity index (χ4v) is 2.28. The van der Waals surface area contributed by atoms with E-state index in [1.807, 2.05) is 12.1 Å². The van der Waals surface area contributed by atoms with E-state index in [9.17, 15) is 9.18 Å². The van der Waals surface area contributed by atoms with Gasteiger partial charge in [0.25, 0.3) is 0 Å². The lowest BCUT2D eigenvalue weighted by molar-refractivity contribution is 0.0768. The Hall–Kier alpha value is -1.81. The smallest absolute Gasteiger partial charge is 0.350 e. The summed E-state index contributed by atoms with van der Waals surface area (Å²) in [5.74, 6) is -0.870. The molecule has 0 atom stereocenters. The van der Waals surface area contributed by atoms with E-state index >= 15 is 0 Å². The average molecular weight is 290 g/mol. The summed E-state index contributed by atoms with van der Waals surface area (Å²) in [5.41, 5.74) is 1.65. The normalized spacial score (nSPS) is 10.3. The van der Waals surface area contributed by atoms with E-state index in [2.05, 4.69) is 6.92 Å². The molecule has 0 aliphatic rings. The topological polar surface area (TPSA) is 26.3 Å². The van der Waals surface area contributed by atoms with Crippen molar-refractivity contribution in [3.63, 3.8) is 0 Å². The molecule has 0 bridgehead atoms. The van der Waals surface area contributed by atoms with Crippen LogP contribution in [0.15, 0.2) is 53.4 Å². The average Bonchev–Trinajstić information content (AvgIpc) is 2.47. The van der Waals surface area contributed by atoms with Crippen LogP contribution in [0.4, 0.5) is 4.39 Å². The monoisotopic (exact) mass is 290 g/mol. The second kappa shape index (κ2) is 7.10. The first-order chi connectivity index (χ1) is 9.70. The van der Waals surface area contributed by atoms with Crippen molar-refractivity contribution in [2.75, 3.05) is 0 Å². The number of hydrogen-bond donors (Lipinski definition) is 0. The van der Waals surface area contributed by atoms with E-state index < -0.39 is 11.8 Å². The Morgan fingerprint density at radius 1 is 1.15 bits per heavy atom. The number of carbonyl (C=O) groups excluding carboxylic acids is 1. The second-order valence-electron chi connectivity index (χ2n) is 4.33. The zero-order chi connectivity index (χ0) is 14.4. The van der Waals surface area contributed by atoms with Crippen LogP contribution in [0.3, 0.4) is 0 Å². The Labute approximate surface area is 122 Å². The van der Waals surface area contributed by atoms with Gasteiger partial charge in [-0.2, -0.15) is 0 Å². The van der Waals surface area contributed by atoms with Crippen molar-refractivity contribution in [3.05, 3.63) is 65.5 Å². The molecule has 0 spiro atoms. The Morgan fingerprint density at radius 3 is 2.50 bits per heavy atom. The molecule has 0 unspecified atom stereocenters. The van der Waals surface area contributed by atoms with Crippen LogP contribution < -0.4 is 0 Å². The van der Waals surface area contributed by atoms with E-state index in [1.54, 1.807) is 30.3 Å². The summed E-state index contributed by atoms with van der Waals surface area (Å²) in [5, 5.41) is 0. The lowest BCUT2D eigenvalue weighted by Crippen LogP contribution is -2.00. The zero-order valence-electron chi connectivity index (χ0n) is 11.1. The first kappa shape index (κ1) is 14.6. The van der Waals surface area contributed by atoms with Crippen LogP contribution in [0.1, 0.15) is 29.3 Å². The molecule has 2 nitrogen and oxygen atoms in total. The Morgan fingerprint density at radius 2 is 1.85 bits per heavy atom. The van der Waals surface area contributed by atoms with Crippen LogP contribution in [0, 0.1) is 5.82 Å². The highest BCUT2D eigenvalue weighted by molar-refractivity contribution is 7.95. The molecule has 0 aliphatic heterocycles. The summed E-state index contributed by atoms with van der Waals surface area (Å²) in [6.07, 6.45) is 2.05. The molecule has 0 fully saturated rings. The Bertz CT molecular complexity index is 581. The molecule has 0 radical (unpaired) electrons. The molecule has 2 aromatic carbocycles. The largest absolute Gasteiger partial charge is 0.382 e. The van der Waals surface area contributed by atoms with E-state index in [0.717, 1.165) is 24.9 Å². The molecule has 0 amide bonds. The van der Waals surface area contributed by atoms with Gasteiger partial charge >= 0.3 is 5.97 Å². The number of hydrogen-bond acceptors (Lipinski definition) is 3. The lowest BCUT2D eigenvalue weighted by atomic mass is 10.1. The lowest BCUT2D eigenvalue weighted by Gasteiger charge is -2.04. The fourth-order valence-electron chi connectivity index (χ4n) is 1.74. The van der Waals surface area contributed by atoms with Crippen LogP contribution in [0.2, 0.25) is 0 Å². The molecule has 0 saturated heterocycles. The van der Waals surface area contributed by atoms with Gasteiger partial charge in [0.2, 0.25) is 0 Å². The first-order valence-electron chi connectivity index (χ1n) is 6.43. The highest BCUT2D eigenvalue weighted by atomic mass is 32.2. The fraction of sp³-hybridized carbons (Fsp3) is 0.188. The highest BCUT2D eigenvalue weighted by Gasteiger charge is 2.10. The number of halogens is 1. The summed E-state index contributed by atoms with van der Waals surface area (Å²) in [4.78, 5) is 12.1. The molecule has 104 valence electrons. The predicted octanol–water partition coefficient (Wildman–Crippen LogP) is 4.64. The minimum absolute atomic E-state index is 0.295. The van der Waals surface area contributed by atoms with E-state index in [4.69, 9.17) is 4.18 Å². The first-order valence-corrected chi connectivity index (χ1v) is 7.17. The quantitative estimate of drug-likeness (QED) is 0.750. The summed E-state index contributed by atoms with van der Waals surface area (Å²) < 4.78 is 18.4. The molecule has 0 aromatic heterocycles. The van der Waals surface area contributed by atoms with Gasteiger partial charge in [0, 0.05) is 0 Å². The zero-order valence-corrected chi connectivity index (χ0v) is 12.0. The summed E-state index contributed by atoms with van der Waals surface area (Å²) in [7, 11) is 0. The van der Waals surface area contributed by atoms with Crippen molar-refractivity contribution in [1.82, 2.24) is 0 Å². The third-order valence-electron chi connectivity index (χ3n) is 2.77. The number of carbonyl (C=O) groups is 1. The number of rotatable bonds is 5. The molecule has 4 heteroatoms. The van der Waals surface area contributed by atoms with Gasteiger partial charge in [0.15, 0.2) is 0 Å². The summed E-state index contributed by atoms with van der Waals surface area (Å²) in [6, 6.07) is 13.5. The van der Waals surface area contributed by atoms with Crippen LogP contribution in [-0.4, -0.2) is 5.97 Å². The number of aryl methyl sites for hydroxylation is 1. The van der Waals surface area contributed by atoms with E-state index in [1.165, 1.54) is 11.6 Å².